The average molecular weight is 709 g/mol. The molecule has 4 nitrogen and oxygen atoms in total. The Bertz CT molecular complexity index is 3200. The molecule has 0 atom stereocenters. The van der Waals surface area contributed by atoms with E-state index in [0.29, 0.717) is 22.3 Å². The van der Waals surface area contributed by atoms with Crippen LogP contribution in [0, 0.1) is 0 Å². The van der Waals surface area contributed by atoms with Crippen LogP contribution in [0.3, 0.4) is 0 Å². The lowest BCUT2D eigenvalue weighted by atomic mass is 9.96. The molecule has 2 heterocycles. The standard InChI is InChI=1S/C51H33N3O/c1-5-14-34(15-6-1)37-24-28-39(29-25-37)43-22-13-23-44-47-45(32-42(33-46(47)55-48(43)44)36-18-9-3-10-19-36)51-53-49(40-20-11-4-12-21-40)52-50(54-51)41-30-26-38(27-31-41)35-16-7-2-8-17-35/h1-33H/i4D,11D,12D,20D,21D. The molecule has 2 aromatic heterocycles. The summed E-state index contributed by atoms with van der Waals surface area (Å²) in [6.07, 6.45) is 0. The van der Waals surface area contributed by atoms with Crippen molar-refractivity contribution in [2.45, 2.75) is 0 Å². The molecule has 55 heavy (non-hydrogen) atoms. The number of aromatic nitrogens is 3. The molecular formula is C51H33N3O. The molecule has 0 saturated heterocycles. The van der Waals surface area contributed by atoms with Gasteiger partial charge in [0.2, 0.25) is 0 Å². The number of rotatable bonds is 7. The van der Waals surface area contributed by atoms with E-state index in [9.17, 15) is 0 Å². The minimum Gasteiger partial charge on any atom is -0.455 e. The van der Waals surface area contributed by atoms with E-state index in [1.165, 1.54) is 0 Å². The third kappa shape index (κ3) is 6.16. The van der Waals surface area contributed by atoms with Crippen molar-refractivity contribution in [2.75, 3.05) is 0 Å². The van der Waals surface area contributed by atoms with Gasteiger partial charge in [-0.3, -0.25) is 0 Å². The Morgan fingerprint density at radius 2 is 0.855 bits per heavy atom. The Morgan fingerprint density at radius 3 is 1.45 bits per heavy atom. The predicted molar refractivity (Wildman–Crippen MR) is 225 cm³/mol. The molecule has 0 N–H and O–H groups in total. The highest BCUT2D eigenvalue weighted by Gasteiger charge is 2.21. The zero-order valence-corrected chi connectivity index (χ0v) is 29.4. The van der Waals surface area contributed by atoms with Crippen molar-refractivity contribution in [3.8, 4) is 78.7 Å². The Morgan fingerprint density at radius 1 is 0.364 bits per heavy atom. The molecule has 8 aromatic carbocycles. The summed E-state index contributed by atoms with van der Waals surface area (Å²) in [6, 6.07) is 54.4. The minimum absolute atomic E-state index is 0.0376. The molecule has 10 rings (SSSR count). The lowest BCUT2D eigenvalue weighted by molar-refractivity contribution is 0.670. The largest absolute Gasteiger partial charge is 0.455 e. The van der Waals surface area contributed by atoms with E-state index < -0.39 is 30.2 Å². The lowest BCUT2D eigenvalue weighted by Crippen LogP contribution is -2.00. The van der Waals surface area contributed by atoms with Gasteiger partial charge in [-0.15, -0.1) is 0 Å². The molecule has 0 spiro atoms. The van der Waals surface area contributed by atoms with Crippen molar-refractivity contribution < 1.29 is 11.3 Å². The summed E-state index contributed by atoms with van der Waals surface area (Å²) < 4.78 is 49.8. The van der Waals surface area contributed by atoms with Gasteiger partial charge in [0, 0.05) is 33.0 Å². The lowest BCUT2D eigenvalue weighted by Gasteiger charge is -2.11. The number of hydrogen-bond acceptors (Lipinski definition) is 4. The molecule has 258 valence electrons. The molecule has 4 heteroatoms. The molecule has 0 amide bonds. The van der Waals surface area contributed by atoms with Crippen LogP contribution in [-0.2, 0) is 0 Å². The average Bonchev–Trinajstić information content (AvgIpc) is 3.70. The molecule has 0 fully saturated rings. The molecule has 0 aliphatic rings. The molecule has 0 saturated carbocycles. The van der Waals surface area contributed by atoms with Crippen LogP contribution in [-0.4, -0.2) is 15.0 Å². The Balaban J connectivity index is 1.22. The topological polar surface area (TPSA) is 51.8 Å². The fourth-order valence-electron chi connectivity index (χ4n) is 7.14. The first-order chi connectivity index (χ1) is 29.3. The van der Waals surface area contributed by atoms with E-state index in [4.69, 9.17) is 26.2 Å². The van der Waals surface area contributed by atoms with Crippen LogP contribution in [0.15, 0.2) is 204 Å². The maximum Gasteiger partial charge on any atom is 0.164 e. The van der Waals surface area contributed by atoms with Crippen LogP contribution < -0.4 is 0 Å². The summed E-state index contributed by atoms with van der Waals surface area (Å²) >= 11 is 0. The number of nitrogens with zero attached hydrogens (tertiary/aromatic N) is 3. The summed E-state index contributed by atoms with van der Waals surface area (Å²) in [5.74, 6) is 0.508. The van der Waals surface area contributed by atoms with Gasteiger partial charge in [0.25, 0.3) is 0 Å². The zero-order valence-electron chi connectivity index (χ0n) is 34.4. The van der Waals surface area contributed by atoms with Gasteiger partial charge in [-0.25, -0.2) is 15.0 Å². The van der Waals surface area contributed by atoms with Gasteiger partial charge in [-0.2, -0.15) is 0 Å². The molecule has 10 aromatic rings. The minimum atomic E-state index is -0.493. The first kappa shape index (κ1) is 27.2. The maximum atomic E-state index is 8.89. The quantitative estimate of drug-likeness (QED) is 0.165. The Hall–Kier alpha value is -7.43. The van der Waals surface area contributed by atoms with Crippen LogP contribution in [0.5, 0.6) is 0 Å². The van der Waals surface area contributed by atoms with Gasteiger partial charge in [0.1, 0.15) is 11.2 Å². The second kappa shape index (κ2) is 13.8. The number of benzene rings is 8. The summed E-state index contributed by atoms with van der Waals surface area (Å²) in [4.78, 5) is 14.9. The van der Waals surface area contributed by atoms with Crippen LogP contribution >= 0.6 is 0 Å². The number of hydrogen-bond donors (Lipinski definition) is 0. The van der Waals surface area contributed by atoms with Crippen molar-refractivity contribution >= 4 is 21.9 Å². The highest BCUT2D eigenvalue weighted by molar-refractivity contribution is 6.16. The summed E-state index contributed by atoms with van der Waals surface area (Å²) in [6.45, 7) is 0. The Labute approximate surface area is 326 Å². The van der Waals surface area contributed by atoms with Gasteiger partial charge in [-0.05, 0) is 51.1 Å². The second-order valence-electron chi connectivity index (χ2n) is 13.2. The van der Waals surface area contributed by atoms with Gasteiger partial charge >= 0.3 is 0 Å². The maximum absolute atomic E-state index is 8.89. The van der Waals surface area contributed by atoms with Gasteiger partial charge in [-0.1, -0.05) is 188 Å². The van der Waals surface area contributed by atoms with E-state index in [0.717, 1.165) is 55.3 Å². The fraction of sp³-hybridized carbons (Fsp3) is 0. The third-order valence-corrected chi connectivity index (χ3v) is 9.86. The second-order valence-corrected chi connectivity index (χ2v) is 13.2. The van der Waals surface area contributed by atoms with Crippen LogP contribution in [0.25, 0.3) is 101 Å². The van der Waals surface area contributed by atoms with Crippen molar-refractivity contribution in [3.05, 3.63) is 200 Å². The van der Waals surface area contributed by atoms with E-state index in [1.54, 1.807) is 0 Å². The number of fused-ring (bicyclic) bond motifs is 3. The Kier molecular flexibility index (Phi) is 6.85. The van der Waals surface area contributed by atoms with E-state index in [2.05, 4.69) is 42.5 Å². The van der Waals surface area contributed by atoms with E-state index in [-0.39, 0.29) is 23.0 Å². The van der Waals surface area contributed by atoms with Gasteiger partial charge in [0.15, 0.2) is 17.5 Å². The van der Waals surface area contributed by atoms with Crippen molar-refractivity contribution in [1.29, 1.82) is 0 Å². The van der Waals surface area contributed by atoms with E-state index >= 15 is 0 Å². The fourth-order valence-corrected chi connectivity index (χ4v) is 7.14. The van der Waals surface area contributed by atoms with Crippen molar-refractivity contribution in [2.24, 2.45) is 0 Å². The monoisotopic (exact) mass is 708 g/mol. The first-order valence-electron chi connectivity index (χ1n) is 20.5. The van der Waals surface area contributed by atoms with Crippen LogP contribution in [0.2, 0.25) is 0 Å². The van der Waals surface area contributed by atoms with Crippen LogP contribution in [0.1, 0.15) is 6.85 Å². The van der Waals surface area contributed by atoms with Gasteiger partial charge < -0.3 is 4.42 Å². The first-order valence-corrected chi connectivity index (χ1v) is 18.0. The SMILES string of the molecule is [2H]c1c([2H])c([2H])c(-c2nc(-c3ccc(-c4ccccc4)cc3)nc(-c3cc(-c4ccccc4)cc4oc5c(-c6ccc(-c7ccccc7)cc6)cccc5c34)n2)c([2H])c1[2H]. The number of furan rings is 1. The van der Waals surface area contributed by atoms with Crippen molar-refractivity contribution in [3.63, 3.8) is 0 Å². The highest BCUT2D eigenvalue weighted by Crippen LogP contribution is 2.43. The van der Waals surface area contributed by atoms with Crippen molar-refractivity contribution in [1.82, 2.24) is 15.0 Å². The number of para-hydroxylation sites is 1. The van der Waals surface area contributed by atoms with E-state index in [1.807, 2.05) is 127 Å². The predicted octanol–water partition coefficient (Wildman–Crippen LogP) is 13.4. The highest BCUT2D eigenvalue weighted by atomic mass is 16.3. The smallest absolute Gasteiger partial charge is 0.164 e. The normalized spacial score (nSPS) is 12.5. The third-order valence-electron chi connectivity index (χ3n) is 9.86. The molecule has 0 radical (unpaired) electrons. The molecule has 0 aliphatic heterocycles. The van der Waals surface area contributed by atoms with Gasteiger partial charge in [0.05, 0.1) is 6.85 Å². The molecule has 0 bridgehead atoms. The summed E-state index contributed by atoms with van der Waals surface area (Å²) in [7, 11) is 0. The summed E-state index contributed by atoms with van der Waals surface area (Å²) in [5, 5.41) is 1.62. The van der Waals surface area contributed by atoms with Crippen LogP contribution in [0.4, 0.5) is 0 Å². The zero-order chi connectivity index (χ0) is 40.9. The molecule has 0 unspecified atom stereocenters. The molecular weight excluding hydrogens is 671 g/mol. The molecule has 0 aliphatic carbocycles. The summed E-state index contributed by atoms with van der Waals surface area (Å²) in [5.41, 5.74) is 10.6.